The molecule has 1 unspecified atom stereocenters. The Kier molecular flexibility index (Phi) is 7.47. The molecular formula is C21H22N2O6. The van der Waals surface area contributed by atoms with E-state index in [0.29, 0.717) is 11.4 Å². The minimum atomic E-state index is -1.06. The molecule has 8 heteroatoms. The Morgan fingerprint density at radius 2 is 1.45 bits per heavy atom. The molecule has 2 rings (SSSR count). The van der Waals surface area contributed by atoms with Crippen molar-refractivity contribution < 1.29 is 29.0 Å². The summed E-state index contributed by atoms with van der Waals surface area (Å²) in [6.45, 7) is 3.40. The van der Waals surface area contributed by atoms with Crippen molar-refractivity contribution in [3.63, 3.8) is 0 Å². The molecule has 0 saturated carbocycles. The van der Waals surface area contributed by atoms with Gasteiger partial charge in [-0.15, -0.1) is 0 Å². The quantitative estimate of drug-likeness (QED) is 0.588. The van der Waals surface area contributed by atoms with E-state index in [4.69, 9.17) is 9.84 Å². The third-order valence-corrected chi connectivity index (χ3v) is 3.94. The van der Waals surface area contributed by atoms with Gasteiger partial charge in [0.15, 0.2) is 6.10 Å². The number of esters is 1. The summed E-state index contributed by atoms with van der Waals surface area (Å²) >= 11 is 0. The summed E-state index contributed by atoms with van der Waals surface area (Å²) < 4.78 is 5.18. The maximum Gasteiger partial charge on any atom is 0.338 e. The van der Waals surface area contributed by atoms with Crippen LogP contribution in [0.15, 0.2) is 48.5 Å². The van der Waals surface area contributed by atoms with E-state index in [-0.39, 0.29) is 18.4 Å². The molecule has 3 N–H and O–H groups in total. The standard InChI is InChI=1S/C21H22N2O6/c1-13-3-7-17(8-4-13)23-20(27)14(2)29-21(28)15-5-9-16(10-6-15)22-18(24)11-12-19(25)26/h3-10,14H,11-12H2,1-2H3,(H,22,24)(H,23,27)(H,25,26). The lowest BCUT2D eigenvalue weighted by atomic mass is 10.2. The first kappa shape index (κ1) is 21.6. The number of carbonyl (C=O) groups excluding carboxylic acids is 3. The average molecular weight is 398 g/mol. The van der Waals surface area contributed by atoms with Crippen molar-refractivity contribution in [3.8, 4) is 0 Å². The fraction of sp³-hybridized carbons (Fsp3) is 0.238. The van der Waals surface area contributed by atoms with Crippen LogP contribution in [0.3, 0.4) is 0 Å². The molecule has 1 atom stereocenters. The number of nitrogens with one attached hydrogen (secondary N) is 2. The minimum absolute atomic E-state index is 0.146. The molecule has 2 amide bonds. The lowest BCUT2D eigenvalue weighted by Gasteiger charge is -2.14. The van der Waals surface area contributed by atoms with Crippen LogP contribution < -0.4 is 10.6 Å². The molecular weight excluding hydrogens is 376 g/mol. The van der Waals surface area contributed by atoms with Gasteiger partial charge in [-0.25, -0.2) is 4.79 Å². The van der Waals surface area contributed by atoms with Gasteiger partial charge in [-0.2, -0.15) is 0 Å². The van der Waals surface area contributed by atoms with Gasteiger partial charge in [-0.3, -0.25) is 14.4 Å². The van der Waals surface area contributed by atoms with Crippen LogP contribution in [0, 0.1) is 6.92 Å². The molecule has 0 heterocycles. The van der Waals surface area contributed by atoms with E-state index in [1.807, 2.05) is 19.1 Å². The first-order valence-electron chi connectivity index (χ1n) is 8.95. The lowest BCUT2D eigenvalue weighted by Crippen LogP contribution is -2.30. The maximum absolute atomic E-state index is 12.2. The normalized spacial score (nSPS) is 11.2. The Labute approximate surface area is 167 Å². The predicted octanol–water partition coefficient (Wildman–Crippen LogP) is 2.98. The summed E-state index contributed by atoms with van der Waals surface area (Å²) in [7, 11) is 0. The summed E-state index contributed by atoms with van der Waals surface area (Å²) in [5.74, 6) is -2.63. The van der Waals surface area contributed by atoms with Gasteiger partial charge in [0.2, 0.25) is 5.91 Å². The van der Waals surface area contributed by atoms with E-state index in [0.717, 1.165) is 5.56 Å². The second kappa shape index (κ2) is 10.0. The van der Waals surface area contributed by atoms with Crippen LogP contribution in [0.2, 0.25) is 0 Å². The fourth-order valence-electron chi connectivity index (χ4n) is 2.30. The topological polar surface area (TPSA) is 122 Å². The summed E-state index contributed by atoms with van der Waals surface area (Å²) in [5.41, 5.74) is 2.29. The van der Waals surface area contributed by atoms with E-state index < -0.39 is 29.9 Å². The van der Waals surface area contributed by atoms with Crippen molar-refractivity contribution in [3.05, 3.63) is 59.7 Å². The van der Waals surface area contributed by atoms with Crippen LogP contribution in [-0.2, 0) is 19.1 Å². The average Bonchev–Trinajstić information content (AvgIpc) is 2.68. The Morgan fingerprint density at radius 3 is 2.03 bits per heavy atom. The summed E-state index contributed by atoms with van der Waals surface area (Å²) in [6.07, 6.45) is -1.41. The summed E-state index contributed by atoms with van der Waals surface area (Å²) in [6, 6.07) is 13.1. The number of benzene rings is 2. The number of aliphatic carboxylic acids is 1. The minimum Gasteiger partial charge on any atom is -0.481 e. The highest BCUT2D eigenvalue weighted by Gasteiger charge is 2.19. The van der Waals surface area contributed by atoms with Gasteiger partial charge >= 0.3 is 11.9 Å². The largest absolute Gasteiger partial charge is 0.481 e. The predicted molar refractivity (Wildman–Crippen MR) is 107 cm³/mol. The van der Waals surface area contributed by atoms with Crippen LogP contribution in [-0.4, -0.2) is 35.0 Å². The number of carboxylic acids is 1. The highest BCUT2D eigenvalue weighted by molar-refractivity contribution is 5.98. The Balaban J connectivity index is 1.87. The number of ether oxygens (including phenoxy) is 1. The molecule has 0 spiro atoms. The maximum atomic E-state index is 12.2. The SMILES string of the molecule is Cc1ccc(NC(=O)C(C)OC(=O)c2ccc(NC(=O)CCC(=O)O)cc2)cc1. The molecule has 152 valence electrons. The number of amides is 2. The van der Waals surface area contributed by atoms with Gasteiger partial charge in [-0.05, 0) is 50.2 Å². The Hall–Kier alpha value is -3.68. The Morgan fingerprint density at radius 1 is 0.897 bits per heavy atom. The highest BCUT2D eigenvalue weighted by atomic mass is 16.5. The molecule has 2 aromatic carbocycles. The number of carboxylic acid groups (broad SMARTS) is 1. The van der Waals surface area contributed by atoms with Crippen molar-refractivity contribution in [1.29, 1.82) is 0 Å². The number of aryl methyl sites for hydroxylation is 1. The molecule has 29 heavy (non-hydrogen) atoms. The van der Waals surface area contributed by atoms with Gasteiger partial charge in [-0.1, -0.05) is 17.7 Å². The fourth-order valence-corrected chi connectivity index (χ4v) is 2.30. The molecule has 0 fully saturated rings. The zero-order valence-corrected chi connectivity index (χ0v) is 16.1. The van der Waals surface area contributed by atoms with E-state index in [1.165, 1.54) is 31.2 Å². The molecule has 0 radical (unpaired) electrons. The zero-order chi connectivity index (χ0) is 21.4. The smallest absolute Gasteiger partial charge is 0.338 e. The Bertz CT molecular complexity index is 890. The van der Waals surface area contributed by atoms with E-state index in [1.54, 1.807) is 12.1 Å². The molecule has 0 bridgehead atoms. The van der Waals surface area contributed by atoms with Crippen molar-refractivity contribution in [2.45, 2.75) is 32.8 Å². The van der Waals surface area contributed by atoms with Crippen molar-refractivity contribution >= 4 is 35.1 Å². The lowest BCUT2D eigenvalue weighted by molar-refractivity contribution is -0.138. The van der Waals surface area contributed by atoms with Crippen LogP contribution in [0.1, 0.15) is 35.7 Å². The zero-order valence-electron chi connectivity index (χ0n) is 16.1. The highest BCUT2D eigenvalue weighted by Crippen LogP contribution is 2.13. The second-order valence-electron chi connectivity index (χ2n) is 6.42. The first-order chi connectivity index (χ1) is 13.7. The summed E-state index contributed by atoms with van der Waals surface area (Å²) in [5, 5.41) is 13.8. The van der Waals surface area contributed by atoms with Gasteiger partial charge in [0.05, 0.1) is 12.0 Å². The monoisotopic (exact) mass is 398 g/mol. The van der Waals surface area contributed by atoms with Crippen LogP contribution in [0.5, 0.6) is 0 Å². The van der Waals surface area contributed by atoms with E-state index in [2.05, 4.69) is 10.6 Å². The third kappa shape index (κ3) is 7.10. The molecule has 0 aliphatic heterocycles. The molecule has 2 aromatic rings. The number of anilines is 2. The van der Waals surface area contributed by atoms with Gasteiger partial charge < -0.3 is 20.5 Å². The van der Waals surface area contributed by atoms with Crippen molar-refractivity contribution in [2.75, 3.05) is 10.6 Å². The van der Waals surface area contributed by atoms with E-state index in [9.17, 15) is 19.2 Å². The molecule has 0 saturated heterocycles. The van der Waals surface area contributed by atoms with Crippen LogP contribution in [0.4, 0.5) is 11.4 Å². The number of rotatable bonds is 8. The number of hydrogen-bond donors (Lipinski definition) is 3. The van der Waals surface area contributed by atoms with Gasteiger partial charge in [0.25, 0.3) is 5.91 Å². The molecule has 0 aliphatic rings. The van der Waals surface area contributed by atoms with Crippen LogP contribution in [0.25, 0.3) is 0 Å². The second-order valence-corrected chi connectivity index (χ2v) is 6.42. The molecule has 0 aliphatic carbocycles. The third-order valence-electron chi connectivity index (χ3n) is 3.94. The summed E-state index contributed by atoms with van der Waals surface area (Å²) in [4.78, 5) is 46.5. The van der Waals surface area contributed by atoms with Crippen LogP contribution >= 0.6 is 0 Å². The number of hydrogen-bond acceptors (Lipinski definition) is 5. The van der Waals surface area contributed by atoms with Crippen molar-refractivity contribution in [2.24, 2.45) is 0 Å². The van der Waals surface area contributed by atoms with Gasteiger partial charge in [0, 0.05) is 17.8 Å². The van der Waals surface area contributed by atoms with Gasteiger partial charge in [0.1, 0.15) is 0 Å². The van der Waals surface area contributed by atoms with Crippen molar-refractivity contribution in [1.82, 2.24) is 0 Å². The van der Waals surface area contributed by atoms with E-state index >= 15 is 0 Å². The number of carbonyl (C=O) groups is 4. The molecule has 0 aromatic heterocycles. The molecule has 8 nitrogen and oxygen atoms in total. The first-order valence-corrected chi connectivity index (χ1v) is 8.95.